The molecule has 94 valence electrons. The van der Waals surface area contributed by atoms with Gasteiger partial charge in [0.25, 0.3) is 0 Å². The van der Waals surface area contributed by atoms with Crippen LogP contribution in [0.25, 0.3) is 0 Å². The minimum Gasteiger partial charge on any atom is -0.207 e. The Labute approximate surface area is 116 Å². The van der Waals surface area contributed by atoms with Crippen molar-refractivity contribution >= 4 is 27.5 Å². The van der Waals surface area contributed by atoms with Crippen molar-refractivity contribution in [1.82, 2.24) is 0 Å². The zero-order chi connectivity index (χ0) is 13.3. The van der Waals surface area contributed by atoms with Crippen molar-refractivity contribution in [3.8, 4) is 0 Å². The fourth-order valence-corrected chi connectivity index (χ4v) is 2.69. The molecule has 2 aromatic carbocycles. The van der Waals surface area contributed by atoms with Gasteiger partial charge < -0.3 is 0 Å². The largest absolute Gasteiger partial charge is 0.207 e. The Morgan fingerprint density at radius 3 is 2.39 bits per heavy atom. The highest BCUT2D eigenvalue weighted by Gasteiger charge is 2.19. The molecular weight excluding hydrogens is 328 g/mol. The van der Waals surface area contributed by atoms with Crippen molar-refractivity contribution in [1.29, 1.82) is 0 Å². The average Bonchev–Trinajstić information content (AvgIpc) is 2.35. The molecule has 18 heavy (non-hydrogen) atoms. The minimum atomic E-state index is -0.712. The highest BCUT2D eigenvalue weighted by molar-refractivity contribution is 9.09. The summed E-state index contributed by atoms with van der Waals surface area (Å²) in [5, 5.41) is -0.108. The molecule has 0 heterocycles. The van der Waals surface area contributed by atoms with Gasteiger partial charge in [0.1, 0.15) is 17.5 Å². The van der Waals surface area contributed by atoms with Gasteiger partial charge in [0.05, 0.1) is 9.85 Å². The van der Waals surface area contributed by atoms with E-state index < -0.39 is 22.3 Å². The van der Waals surface area contributed by atoms with Crippen molar-refractivity contribution in [3.63, 3.8) is 0 Å². The maximum absolute atomic E-state index is 13.6. The van der Waals surface area contributed by atoms with Gasteiger partial charge in [-0.25, -0.2) is 13.2 Å². The molecule has 0 N–H and O–H groups in total. The Bertz CT molecular complexity index is 584. The Morgan fingerprint density at radius 2 is 1.67 bits per heavy atom. The predicted octanol–water partition coefficient (Wildman–Crippen LogP) is 5.24. The van der Waals surface area contributed by atoms with Gasteiger partial charge in [0.2, 0.25) is 0 Å². The molecule has 0 saturated heterocycles. The van der Waals surface area contributed by atoms with Crippen molar-refractivity contribution in [2.24, 2.45) is 0 Å². The van der Waals surface area contributed by atoms with Crippen LogP contribution in [-0.2, 0) is 0 Å². The monoisotopic (exact) mass is 334 g/mol. The number of hydrogen-bond acceptors (Lipinski definition) is 0. The van der Waals surface area contributed by atoms with Crippen molar-refractivity contribution in [2.45, 2.75) is 4.83 Å². The molecule has 0 aliphatic rings. The molecule has 0 spiro atoms. The standard InChI is InChI=1S/C13H7BrClF3/c14-12(8-2-1-3-11(18)13(8)15)9-6-7(16)4-5-10(9)17/h1-6,12H. The number of halogens is 5. The molecule has 1 unspecified atom stereocenters. The van der Waals surface area contributed by atoms with Gasteiger partial charge in [-0.2, -0.15) is 0 Å². The highest BCUT2D eigenvalue weighted by atomic mass is 79.9. The van der Waals surface area contributed by atoms with Gasteiger partial charge in [-0.3, -0.25) is 0 Å². The maximum Gasteiger partial charge on any atom is 0.142 e. The summed E-state index contributed by atoms with van der Waals surface area (Å²) < 4.78 is 40.0. The van der Waals surface area contributed by atoms with Crippen molar-refractivity contribution < 1.29 is 13.2 Å². The van der Waals surface area contributed by atoms with Crippen LogP contribution in [0, 0.1) is 17.5 Å². The third-order valence-electron chi connectivity index (χ3n) is 2.49. The first-order chi connectivity index (χ1) is 8.50. The molecule has 0 bridgehead atoms. The summed E-state index contributed by atoms with van der Waals surface area (Å²) in [5.74, 6) is -1.75. The van der Waals surface area contributed by atoms with Crippen LogP contribution < -0.4 is 0 Å². The van der Waals surface area contributed by atoms with Crippen molar-refractivity contribution in [2.75, 3.05) is 0 Å². The van der Waals surface area contributed by atoms with Gasteiger partial charge >= 0.3 is 0 Å². The molecule has 0 amide bonds. The van der Waals surface area contributed by atoms with Crippen LogP contribution in [0.5, 0.6) is 0 Å². The van der Waals surface area contributed by atoms with E-state index in [9.17, 15) is 13.2 Å². The Balaban J connectivity index is 2.51. The quantitative estimate of drug-likeness (QED) is 0.658. The van der Waals surface area contributed by atoms with E-state index in [0.717, 1.165) is 18.2 Å². The third kappa shape index (κ3) is 2.54. The molecule has 0 fully saturated rings. The lowest BCUT2D eigenvalue weighted by molar-refractivity contribution is 0.587. The van der Waals surface area contributed by atoms with E-state index in [2.05, 4.69) is 15.9 Å². The SMILES string of the molecule is Fc1ccc(F)c(C(Br)c2cccc(F)c2Cl)c1. The van der Waals surface area contributed by atoms with Gasteiger partial charge in [-0.05, 0) is 29.8 Å². The topological polar surface area (TPSA) is 0 Å². The molecule has 1 atom stereocenters. The second-order valence-corrected chi connectivity index (χ2v) is 4.97. The smallest absolute Gasteiger partial charge is 0.142 e. The molecule has 2 rings (SSSR count). The van der Waals surface area contributed by atoms with Crippen molar-refractivity contribution in [3.05, 3.63) is 70.0 Å². The fraction of sp³-hybridized carbons (Fsp3) is 0.0769. The molecule has 0 aliphatic carbocycles. The van der Waals surface area contributed by atoms with E-state index in [-0.39, 0.29) is 10.6 Å². The van der Waals surface area contributed by atoms with Crippen LogP contribution in [0.4, 0.5) is 13.2 Å². The summed E-state index contributed by atoms with van der Waals surface area (Å²) in [6.07, 6.45) is 0. The third-order valence-corrected chi connectivity index (χ3v) is 3.87. The molecule has 2 aromatic rings. The van der Waals surface area contributed by atoms with E-state index >= 15 is 0 Å². The summed E-state index contributed by atoms with van der Waals surface area (Å²) in [6, 6.07) is 7.30. The van der Waals surface area contributed by atoms with E-state index in [4.69, 9.17) is 11.6 Å². The molecule has 0 aliphatic heterocycles. The van der Waals surface area contributed by atoms with E-state index in [1.807, 2.05) is 0 Å². The highest BCUT2D eigenvalue weighted by Crippen LogP contribution is 2.37. The van der Waals surface area contributed by atoms with Gasteiger partial charge in [-0.15, -0.1) is 0 Å². The first kappa shape index (κ1) is 13.4. The zero-order valence-electron chi connectivity index (χ0n) is 8.93. The Morgan fingerprint density at radius 1 is 0.944 bits per heavy atom. The van der Waals surface area contributed by atoms with Crippen LogP contribution in [-0.4, -0.2) is 0 Å². The number of rotatable bonds is 2. The number of benzene rings is 2. The molecule has 0 aromatic heterocycles. The van der Waals surface area contributed by atoms with E-state index in [0.29, 0.717) is 5.56 Å². The van der Waals surface area contributed by atoms with Gasteiger partial charge in [-0.1, -0.05) is 39.7 Å². The minimum absolute atomic E-state index is 0.0718. The average molecular weight is 336 g/mol. The van der Waals surface area contributed by atoms with Gasteiger partial charge in [0, 0.05) is 5.56 Å². The lowest BCUT2D eigenvalue weighted by atomic mass is 10.0. The lowest BCUT2D eigenvalue weighted by Gasteiger charge is -2.13. The van der Waals surface area contributed by atoms with Crippen LogP contribution in [0.15, 0.2) is 36.4 Å². The molecule has 0 radical (unpaired) electrons. The van der Waals surface area contributed by atoms with Crippen LogP contribution >= 0.6 is 27.5 Å². The first-order valence-electron chi connectivity index (χ1n) is 5.03. The van der Waals surface area contributed by atoms with E-state index in [1.54, 1.807) is 6.07 Å². The second kappa shape index (κ2) is 5.33. The fourth-order valence-electron chi connectivity index (χ4n) is 1.59. The Hall–Kier alpha value is -1.00. The van der Waals surface area contributed by atoms with Gasteiger partial charge in [0.15, 0.2) is 0 Å². The predicted molar refractivity (Wildman–Crippen MR) is 68.5 cm³/mol. The molecular formula is C13H7BrClF3. The normalized spacial score (nSPS) is 12.5. The zero-order valence-corrected chi connectivity index (χ0v) is 11.3. The molecule has 0 saturated carbocycles. The summed E-state index contributed by atoms with van der Waals surface area (Å²) >= 11 is 9.02. The maximum atomic E-state index is 13.6. The summed E-state index contributed by atoms with van der Waals surface area (Å²) in [6.45, 7) is 0. The Kier molecular flexibility index (Phi) is 3.97. The van der Waals surface area contributed by atoms with E-state index in [1.165, 1.54) is 12.1 Å². The van der Waals surface area contributed by atoms with Crippen LogP contribution in [0.2, 0.25) is 5.02 Å². The lowest BCUT2D eigenvalue weighted by Crippen LogP contribution is -1.99. The molecule has 5 heteroatoms. The molecule has 0 nitrogen and oxygen atoms in total. The summed E-state index contributed by atoms with van der Waals surface area (Å²) in [4.78, 5) is -0.712. The van der Waals surface area contributed by atoms with Crippen LogP contribution in [0.1, 0.15) is 16.0 Å². The summed E-state index contributed by atoms with van der Waals surface area (Å²) in [5.41, 5.74) is 0.420. The van der Waals surface area contributed by atoms with Crippen LogP contribution in [0.3, 0.4) is 0 Å². The number of hydrogen-bond donors (Lipinski definition) is 0. The number of alkyl halides is 1. The first-order valence-corrected chi connectivity index (χ1v) is 6.33. The summed E-state index contributed by atoms with van der Waals surface area (Å²) in [7, 11) is 0. The second-order valence-electron chi connectivity index (χ2n) is 3.67.